The highest BCUT2D eigenvalue weighted by Gasteiger charge is 2.25. The lowest BCUT2D eigenvalue weighted by Gasteiger charge is -2.36. The third-order valence-electron chi connectivity index (χ3n) is 6.04. The van der Waals surface area contributed by atoms with E-state index in [-0.39, 0.29) is 12.1 Å². The number of unbranched alkanes of at least 4 members (excludes halogenated alkanes) is 11. The van der Waals surface area contributed by atoms with Gasteiger partial charge in [0.15, 0.2) is 6.17 Å². The van der Waals surface area contributed by atoms with E-state index in [0.717, 1.165) is 23.9 Å². The van der Waals surface area contributed by atoms with Crippen molar-refractivity contribution in [3.8, 4) is 0 Å². The summed E-state index contributed by atoms with van der Waals surface area (Å²) in [5.41, 5.74) is 0. The summed E-state index contributed by atoms with van der Waals surface area (Å²) in [5, 5.41) is 3.23. The van der Waals surface area contributed by atoms with E-state index in [0.29, 0.717) is 6.42 Å². The summed E-state index contributed by atoms with van der Waals surface area (Å²) >= 11 is 0. The molecule has 0 bridgehead atoms. The molecule has 3 nitrogen and oxygen atoms in total. The number of rotatable bonds is 19. The maximum absolute atomic E-state index is 12.2. The predicted octanol–water partition coefficient (Wildman–Crippen LogP) is 6.97. The maximum atomic E-state index is 12.2. The number of amides is 1. The van der Waals surface area contributed by atoms with Crippen LogP contribution >= 0.6 is 0 Å². The monoisotopic (exact) mass is 395 g/mol. The van der Waals surface area contributed by atoms with Gasteiger partial charge < -0.3 is 9.80 Å². The second-order valence-corrected chi connectivity index (χ2v) is 8.92. The number of allylic oxidation sites excluding steroid dienone is 2. The fourth-order valence-corrected chi connectivity index (χ4v) is 3.61. The zero-order valence-corrected chi connectivity index (χ0v) is 19.9. The zero-order valence-electron chi connectivity index (χ0n) is 19.9. The molecule has 1 amide bonds. The van der Waals surface area contributed by atoms with Crippen LogP contribution in [0, 0.1) is 0 Å². The topological polar surface area (TPSA) is 29.1 Å². The Morgan fingerprint density at radius 1 is 0.786 bits per heavy atom. The smallest absolute Gasteiger partial charge is 0.224 e. The van der Waals surface area contributed by atoms with Gasteiger partial charge in [0.25, 0.3) is 0 Å². The molecular weight excluding hydrogens is 344 g/mol. The first-order valence-electron chi connectivity index (χ1n) is 12.2. The molecule has 0 aliphatic heterocycles. The zero-order chi connectivity index (χ0) is 21.1. The summed E-state index contributed by atoms with van der Waals surface area (Å²) in [6.45, 7) is 7.64. The Morgan fingerprint density at radius 3 is 1.79 bits per heavy atom. The molecule has 3 heteroatoms. The lowest BCUT2D eigenvalue weighted by atomic mass is 10.1. The number of carbonyl (C=O) groups is 1. The number of carbonyl (C=O) groups excluding carboxylic acids is 1. The molecule has 0 aromatic carbocycles. The Hall–Kier alpha value is -0.830. The Kier molecular flexibility index (Phi) is 17.7. The second-order valence-electron chi connectivity index (χ2n) is 8.92. The minimum Gasteiger partial charge on any atom is -0.309 e. The molecule has 0 aromatic rings. The highest BCUT2D eigenvalue weighted by atomic mass is 16.1. The highest BCUT2D eigenvalue weighted by molar-refractivity contribution is 5.75. The summed E-state index contributed by atoms with van der Waals surface area (Å²) < 4.78 is 0.856. The molecule has 0 aromatic heterocycles. The van der Waals surface area contributed by atoms with Gasteiger partial charge in [-0.25, -0.2) is 0 Å². The summed E-state index contributed by atoms with van der Waals surface area (Å²) in [5.74, 6) is 0.226. The summed E-state index contributed by atoms with van der Waals surface area (Å²) in [6, 6.07) is 0. The molecule has 1 N–H and O–H groups in total. The van der Waals surface area contributed by atoms with Gasteiger partial charge in [0, 0.05) is 12.8 Å². The summed E-state index contributed by atoms with van der Waals surface area (Å²) in [7, 11) is 4.38. The molecule has 0 aliphatic rings. The molecule has 0 fully saturated rings. The minimum atomic E-state index is 0.226. The quantitative estimate of drug-likeness (QED) is 0.109. The molecule has 0 saturated carbocycles. The van der Waals surface area contributed by atoms with Crippen LogP contribution in [0.15, 0.2) is 12.2 Å². The van der Waals surface area contributed by atoms with Gasteiger partial charge in [-0.15, -0.1) is 0 Å². The van der Waals surface area contributed by atoms with E-state index in [1.54, 1.807) is 0 Å². The SMILES string of the molecule is CCCCCCCC/C=C\CCCCCCCC(=O)NC(CC)[N+](C)(C)CC. The molecule has 0 aliphatic carbocycles. The van der Waals surface area contributed by atoms with Crippen molar-refractivity contribution in [1.82, 2.24) is 5.32 Å². The standard InChI is InChI=1S/C25H50N2O/c1-6-9-10-11-12-13-14-15-16-17-18-19-20-21-22-23-25(28)26-24(7-2)27(4,5)8-3/h15-16,24H,6-14,17-23H2,1-5H3/p+1/b16-15-. The number of quaternary nitrogens is 1. The molecule has 0 heterocycles. The molecule has 166 valence electrons. The van der Waals surface area contributed by atoms with Crippen LogP contribution < -0.4 is 5.32 Å². The molecule has 28 heavy (non-hydrogen) atoms. The van der Waals surface area contributed by atoms with Crippen molar-refractivity contribution >= 4 is 5.91 Å². The average Bonchev–Trinajstić information content (AvgIpc) is 2.68. The maximum Gasteiger partial charge on any atom is 0.224 e. The fourth-order valence-electron chi connectivity index (χ4n) is 3.61. The van der Waals surface area contributed by atoms with Crippen LogP contribution in [0.5, 0.6) is 0 Å². The molecule has 1 unspecified atom stereocenters. The summed E-state index contributed by atoms with van der Waals surface area (Å²) in [4.78, 5) is 12.2. The van der Waals surface area contributed by atoms with Crippen LogP contribution in [0.2, 0.25) is 0 Å². The fraction of sp³-hybridized carbons (Fsp3) is 0.880. The van der Waals surface area contributed by atoms with E-state index in [1.807, 2.05) is 0 Å². The third-order valence-corrected chi connectivity index (χ3v) is 6.04. The number of hydrogen-bond acceptors (Lipinski definition) is 1. The van der Waals surface area contributed by atoms with E-state index in [4.69, 9.17) is 0 Å². The molecule has 0 radical (unpaired) electrons. The third kappa shape index (κ3) is 15.1. The Balaban J connectivity index is 3.52. The van der Waals surface area contributed by atoms with Gasteiger partial charge in [0.05, 0.1) is 20.6 Å². The van der Waals surface area contributed by atoms with Crippen LogP contribution in [0.1, 0.15) is 117 Å². The van der Waals surface area contributed by atoms with Crippen molar-refractivity contribution in [2.75, 3.05) is 20.6 Å². The molecule has 0 rings (SSSR count). The number of nitrogens with zero attached hydrogens (tertiary/aromatic N) is 1. The molecular formula is C25H51N2O+. The predicted molar refractivity (Wildman–Crippen MR) is 124 cm³/mol. The van der Waals surface area contributed by atoms with Crippen molar-refractivity contribution in [1.29, 1.82) is 0 Å². The van der Waals surface area contributed by atoms with Crippen molar-refractivity contribution < 1.29 is 9.28 Å². The largest absolute Gasteiger partial charge is 0.309 e. The van der Waals surface area contributed by atoms with Crippen LogP contribution in [-0.2, 0) is 4.79 Å². The van der Waals surface area contributed by atoms with Gasteiger partial charge in [-0.1, -0.05) is 77.4 Å². The van der Waals surface area contributed by atoms with Gasteiger partial charge in [0.2, 0.25) is 5.91 Å². The van der Waals surface area contributed by atoms with E-state index in [2.05, 4.69) is 52.3 Å². The van der Waals surface area contributed by atoms with Crippen molar-refractivity contribution in [3.05, 3.63) is 12.2 Å². The van der Waals surface area contributed by atoms with Crippen molar-refractivity contribution in [3.63, 3.8) is 0 Å². The van der Waals surface area contributed by atoms with Crippen LogP contribution in [-0.4, -0.2) is 37.2 Å². The van der Waals surface area contributed by atoms with E-state index in [9.17, 15) is 4.79 Å². The van der Waals surface area contributed by atoms with Crippen LogP contribution in [0.3, 0.4) is 0 Å². The Labute approximate surface area is 176 Å². The first kappa shape index (κ1) is 27.2. The lowest BCUT2D eigenvalue weighted by molar-refractivity contribution is -0.915. The van der Waals surface area contributed by atoms with Gasteiger partial charge in [-0.05, 0) is 39.0 Å². The number of hydrogen-bond donors (Lipinski definition) is 1. The lowest BCUT2D eigenvalue weighted by Crippen LogP contribution is -2.57. The first-order chi connectivity index (χ1) is 13.5. The van der Waals surface area contributed by atoms with E-state index < -0.39 is 0 Å². The van der Waals surface area contributed by atoms with Crippen molar-refractivity contribution in [2.24, 2.45) is 0 Å². The van der Waals surface area contributed by atoms with Gasteiger partial charge in [-0.3, -0.25) is 4.79 Å². The van der Waals surface area contributed by atoms with Gasteiger partial charge in [0.1, 0.15) is 0 Å². The van der Waals surface area contributed by atoms with Crippen LogP contribution in [0.4, 0.5) is 0 Å². The van der Waals surface area contributed by atoms with Crippen molar-refractivity contribution in [2.45, 2.75) is 123 Å². The molecule has 0 spiro atoms. The summed E-state index contributed by atoms with van der Waals surface area (Å²) in [6.07, 6.45) is 23.5. The second kappa shape index (κ2) is 18.2. The Morgan fingerprint density at radius 2 is 1.29 bits per heavy atom. The van der Waals surface area contributed by atoms with E-state index in [1.165, 1.54) is 77.0 Å². The average molecular weight is 396 g/mol. The van der Waals surface area contributed by atoms with Gasteiger partial charge >= 0.3 is 0 Å². The number of nitrogens with one attached hydrogen (secondary N) is 1. The first-order valence-corrected chi connectivity index (χ1v) is 12.2. The van der Waals surface area contributed by atoms with Crippen LogP contribution in [0.25, 0.3) is 0 Å². The molecule has 0 saturated heterocycles. The Bertz CT molecular complexity index is 390. The molecule has 1 atom stereocenters. The minimum absolute atomic E-state index is 0.226. The highest BCUT2D eigenvalue weighted by Crippen LogP contribution is 2.11. The van der Waals surface area contributed by atoms with Gasteiger partial charge in [-0.2, -0.15) is 0 Å². The normalized spacial score (nSPS) is 13.2. The van der Waals surface area contributed by atoms with E-state index >= 15 is 0 Å².